The van der Waals surface area contributed by atoms with Gasteiger partial charge in [0.2, 0.25) is 0 Å². The molecule has 3 nitrogen and oxygen atoms in total. The summed E-state index contributed by atoms with van der Waals surface area (Å²) in [5, 5.41) is 0.0430. The number of rotatable bonds is 4. The average Bonchev–Trinajstić information content (AvgIpc) is 2.30. The predicted molar refractivity (Wildman–Crippen MR) is 67.2 cm³/mol. The lowest BCUT2D eigenvalue weighted by molar-refractivity contribution is -0.0590. The Kier molecular flexibility index (Phi) is 3.79. The minimum atomic E-state index is -0.0392. The van der Waals surface area contributed by atoms with E-state index in [1.165, 1.54) is 0 Å². The summed E-state index contributed by atoms with van der Waals surface area (Å²) in [4.78, 5) is 0. The second-order valence-corrected chi connectivity index (χ2v) is 4.82. The van der Waals surface area contributed by atoms with Crippen LogP contribution in [0.25, 0.3) is 0 Å². The van der Waals surface area contributed by atoms with Gasteiger partial charge in [-0.15, -0.1) is 11.6 Å². The summed E-state index contributed by atoms with van der Waals surface area (Å²) in [5.41, 5.74) is 1.14. The van der Waals surface area contributed by atoms with Gasteiger partial charge in [0.1, 0.15) is 12.2 Å². The molecule has 1 aliphatic rings. The van der Waals surface area contributed by atoms with Crippen LogP contribution in [0.5, 0.6) is 11.5 Å². The second kappa shape index (κ2) is 5.15. The van der Waals surface area contributed by atoms with Gasteiger partial charge in [-0.1, -0.05) is 6.07 Å². The molecule has 3 unspecified atom stereocenters. The fraction of sp³-hybridized carbons (Fsp3) is 0.538. The Morgan fingerprint density at radius 1 is 1.24 bits per heavy atom. The van der Waals surface area contributed by atoms with Crippen LogP contribution in [-0.4, -0.2) is 31.8 Å². The van der Waals surface area contributed by atoms with E-state index in [-0.39, 0.29) is 17.6 Å². The van der Waals surface area contributed by atoms with Crippen LogP contribution in [0.3, 0.4) is 0 Å². The Morgan fingerprint density at radius 3 is 2.59 bits per heavy atom. The Labute approximate surface area is 107 Å². The van der Waals surface area contributed by atoms with Gasteiger partial charge in [-0.3, -0.25) is 0 Å². The fourth-order valence-electron chi connectivity index (χ4n) is 1.98. The molecule has 0 radical (unpaired) electrons. The monoisotopic (exact) mass is 256 g/mol. The van der Waals surface area contributed by atoms with Crippen molar-refractivity contribution in [1.82, 2.24) is 0 Å². The lowest BCUT2D eigenvalue weighted by Crippen LogP contribution is -2.52. The first-order valence-electron chi connectivity index (χ1n) is 5.64. The Bertz CT molecular complexity index is 394. The van der Waals surface area contributed by atoms with E-state index in [2.05, 4.69) is 0 Å². The van der Waals surface area contributed by atoms with Crippen LogP contribution in [0, 0.1) is 6.92 Å². The SMILES string of the molecule is COc1cc(C)ccc1OC1CC(Cl)C1OC. The third-order valence-electron chi connectivity index (χ3n) is 3.05. The third kappa shape index (κ3) is 2.50. The highest BCUT2D eigenvalue weighted by Crippen LogP contribution is 2.36. The molecule has 0 saturated heterocycles. The van der Waals surface area contributed by atoms with Crippen LogP contribution in [0.4, 0.5) is 0 Å². The third-order valence-corrected chi connectivity index (χ3v) is 3.48. The van der Waals surface area contributed by atoms with Crippen LogP contribution in [-0.2, 0) is 4.74 Å². The molecule has 2 rings (SSSR count). The molecule has 0 amide bonds. The molecular formula is C13H17ClO3. The molecule has 17 heavy (non-hydrogen) atoms. The van der Waals surface area contributed by atoms with Crippen molar-refractivity contribution in [2.45, 2.75) is 30.9 Å². The van der Waals surface area contributed by atoms with E-state index in [1.807, 2.05) is 25.1 Å². The molecule has 4 heteroatoms. The molecule has 0 bridgehead atoms. The highest BCUT2D eigenvalue weighted by molar-refractivity contribution is 6.21. The Morgan fingerprint density at radius 2 is 2.00 bits per heavy atom. The summed E-state index contributed by atoms with van der Waals surface area (Å²) in [7, 11) is 3.29. The van der Waals surface area contributed by atoms with E-state index < -0.39 is 0 Å². The molecule has 1 aromatic rings. The van der Waals surface area contributed by atoms with Gasteiger partial charge in [0.15, 0.2) is 11.5 Å². The molecule has 0 spiro atoms. The normalized spacial score (nSPS) is 27.4. The van der Waals surface area contributed by atoms with Crippen molar-refractivity contribution in [2.24, 2.45) is 0 Å². The molecule has 0 heterocycles. The summed E-state index contributed by atoms with van der Waals surface area (Å²) >= 11 is 6.04. The van der Waals surface area contributed by atoms with Gasteiger partial charge in [0.25, 0.3) is 0 Å². The van der Waals surface area contributed by atoms with Crippen LogP contribution < -0.4 is 9.47 Å². The lowest BCUT2D eigenvalue weighted by Gasteiger charge is -2.39. The fourth-order valence-corrected chi connectivity index (χ4v) is 2.42. The Hall–Kier alpha value is -0.930. The van der Waals surface area contributed by atoms with Crippen LogP contribution in [0.1, 0.15) is 12.0 Å². The largest absolute Gasteiger partial charge is 0.493 e. The maximum Gasteiger partial charge on any atom is 0.161 e. The van der Waals surface area contributed by atoms with Gasteiger partial charge in [-0.25, -0.2) is 0 Å². The van der Waals surface area contributed by atoms with Crippen molar-refractivity contribution < 1.29 is 14.2 Å². The number of ether oxygens (including phenoxy) is 3. The summed E-state index contributed by atoms with van der Waals surface area (Å²) in [6.07, 6.45) is 0.777. The molecule has 3 atom stereocenters. The minimum Gasteiger partial charge on any atom is -0.493 e. The summed E-state index contributed by atoms with van der Waals surface area (Å²) in [6, 6.07) is 5.87. The summed E-state index contributed by atoms with van der Waals surface area (Å²) < 4.78 is 16.4. The van der Waals surface area contributed by atoms with E-state index in [0.29, 0.717) is 0 Å². The summed E-state index contributed by atoms with van der Waals surface area (Å²) in [6.45, 7) is 2.02. The lowest BCUT2D eigenvalue weighted by atomic mass is 9.91. The van der Waals surface area contributed by atoms with Crippen molar-refractivity contribution in [2.75, 3.05) is 14.2 Å². The number of hydrogen-bond donors (Lipinski definition) is 0. The molecule has 1 fully saturated rings. The number of aryl methyl sites for hydroxylation is 1. The van der Waals surface area contributed by atoms with Gasteiger partial charge >= 0.3 is 0 Å². The average molecular weight is 257 g/mol. The molecule has 94 valence electrons. The van der Waals surface area contributed by atoms with Gasteiger partial charge in [-0.05, 0) is 24.6 Å². The second-order valence-electron chi connectivity index (χ2n) is 4.26. The van der Waals surface area contributed by atoms with Crippen LogP contribution in [0.15, 0.2) is 18.2 Å². The molecule has 1 saturated carbocycles. The van der Waals surface area contributed by atoms with Crippen molar-refractivity contribution in [3.05, 3.63) is 23.8 Å². The first kappa shape index (κ1) is 12.5. The van der Waals surface area contributed by atoms with E-state index in [4.69, 9.17) is 25.8 Å². The quantitative estimate of drug-likeness (QED) is 0.776. The van der Waals surface area contributed by atoms with Gasteiger partial charge in [0, 0.05) is 13.5 Å². The van der Waals surface area contributed by atoms with Gasteiger partial charge < -0.3 is 14.2 Å². The Balaban J connectivity index is 2.09. The van der Waals surface area contributed by atoms with Gasteiger partial charge in [-0.2, -0.15) is 0 Å². The molecule has 0 N–H and O–H groups in total. The van der Waals surface area contributed by atoms with Crippen molar-refractivity contribution in [3.63, 3.8) is 0 Å². The highest BCUT2D eigenvalue weighted by Gasteiger charge is 2.42. The van der Waals surface area contributed by atoms with E-state index >= 15 is 0 Å². The number of hydrogen-bond acceptors (Lipinski definition) is 3. The zero-order valence-electron chi connectivity index (χ0n) is 10.3. The van der Waals surface area contributed by atoms with Crippen molar-refractivity contribution in [1.29, 1.82) is 0 Å². The topological polar surface area (TPSA) is 27.7 Å². The first-order valence-corrected chi connectivity index (χ1v) is 6.07. The van der Waals surface area contributed by atoms with Gasteiger partial charge in [0.05, 0.1) is 12.5 Å². The number of alkyl halides is 1. The number of benzene rings is 1. The first-order chi connectivity index (χ1) is 8.15. The van der Waals surface area contributed by atoms with E-state index in [0.717, 1.165) is 23.5 Å². The van der Waals surface area contributed by atoms with Crippen molar-refractivity contribution in [3.8, 4) is 11.5 Å². The zero-order valence-corrected chi connectivity index (χ0v) is 11.0. The highest BCUT2D eigenvalue weighted by atomic mass is 35.5. The maximum atomic E-state index is 6.04. The molecule has 1 aliphatic carbocycles. The molecular weight excluding hydrogens is 240 g/mol. The number of halogens is 1. The van der Waals surface area contributed by atoms with E-state index in [9.17, 15) is 0 Å². The van der Waals surface area contributed by atoms with Crippen LogP contribution in [0.2, 0.25) is 0 Å². The van der Waals surface area contributed by atoms with E-state index in [1.54, 1.807) is 14.2 Å². The minimum absolute atomic E-state index is 0.0131. The zero-order chi connectivity index (χ0) is 12.4. The molecule has 1 aromatic carbocycles. The predicted octanol–water partition coefficient (Wildman–Crippen LogP) is 2.78. The summed E-state index contributed by atoms with van der Waals surface area (Å²) in [5.74, 6) is 1.49. The van der Waals surface area contributed by atoms with Crippen LogP contribution >= 0.6 is 11.6 Å². The number of methoxy groups -OCH3 is 2. The van der Waals surface area contributed by atoms with Crippen molar-refractivity contribution >= 4 is 11.6 Å². The maximum absolute atomic E-state index is 6.04. The standard InChI is InChI=1S/C13H17ClO3/c1-8-4-5-10(11(6-8)15-2)17-12-7-9(14)13(12)16-3/h4-6,9,12-13H,7H2,1-3H3. The smallest absolute Gasteiger partial charge is 0.161 e. The molecule has 0 aliphatic heterocycles. The molecule has 0 aromatic heterocycles.